The van der Waals surface area contributed by atoms with Gasteiger partial charge >= 0.3 is 0 Å². The average Bonchev–Trinajstić information content (AvgIpc) is 2.55. The van der Waals surface area contributed by atoms with Crippen LogP contribution in [0.3, 0.4) is 0 Å². The third kappa shape index (κ3) is 3.57. The van der Waals surface area contributed by atoms with Crippen LogP contribution in [-0.4, -0.2) is 25.7 Å². The van der Waals surface area contributed by atoms with E-state index >= 15 is 0 Å². The van der Waals surface area contributed by atoms with Crippen LogP contribution in [0.4, 0.5) is 4.39 Å². The summed E-state index contributed by atoms with van der Waals surface area (Å²) in [5, 5.41) is 3.19. The van der Waals surface area contributed by atoms with E-state index in [0.717, 1.165) is 5.56 Å². The van der Waals surface area contributed by atoms with Crippen LogP contribution < -0.4 is 14.8 Å². The van der Waals surface area contributed by atoms with Gasteiger partial charge in [-0.25, -0.2) is 4.39 Å². The van der Waals surface area contributed by atoms with Crippen molar-refractivity contribution in [1.29, 1.82) is 0 Å². The molecule has 3 rings (SSSR count). The molecule has 126 valence electrons. The Labute approximate surface area is 148 Å². The standard InChI is InChI=1S/C17H14Cl2FNO3/c18-11-2-1-3-13(20)15(11)17(22)21-5-4-10-8-12(19)16-14(9-10)23-6-7-24-16/h1-3,8-9H,4-7H2,(H,21,22). The molecule has 2 aromatic rings. The molecule has 0 saturated carbocycles. The van der Waals surface area contributed by atoms with Crippen LogP contribution in [0.15, 0.2) is 30.3 Å². The molecule has 7 heteroatoms. The molecule has 0 spiro atoms. The van der Waals surface area contributed by atoms with Crippen LogP contribution in [0.25, 0.3) is 0 Å². The predicted molar refractivity (Wildman–Crippen MR) is 89.9 cm³/mol. The molecule has 0 saturated heterocycles. The minimum Gasteiger partial charge on any atom is -0.486 e. The van der Waals surface area contributed by atoms with Crippen molar-refractivity contribution < 1.29 is 18.7 Å². The Morgan fingerprint density at radius 1 is 1.17 bits per heavy atom. The molecule has 0 aromatic heterocycles. The van der Waals surface area contributed by atoms with Crippen LogP contribution in [0.5, 0.6) is 11.5 Å². The fourth-order valence-electron chi connectivity index (χ4n) is 2.43. The lowest BCUT2D eigenvalue weighted by molar-refractivity contribution is 0.0950. The van der Waals surface area contributed by atoms with Gasteiger partial charge in [-0.2, -0.15) is 0 Å². The molecule has 2 aromatic carbocycles. The number of halogens is 3. The normalized spacial score (nSPS) is 12.8. The van der Waals surface area contributed by atoms with Crippen molar-refractivity contribution >= 4 is 29.1 Å². The molecule has 24 heavy (non-hydrogen) atoms. The van der Waals surface area contributed by atoms with Gasteiger partial charge in [0.1, 0.15) is 19.0 Å². The molecule has 0 aliphatic carbocycles. The molecule has 0 bridgehead atoms. The molecule has 1 amide bonds. The van der Waals surface area contributed by atoms with Gasteiger partial charge in [-0.1, -0.05) is 29.3 Å². The zero-order chi connectivity index (χ0) is 17.1. The lowest BCUT2D eigenvalue weighted by atomic mass is 10.1. The van der Waals surface area contributed by atoms with E-state index in [2.05, 4.69) is 5.32 Å². The largest absolute Gasteiger partial charge is 0.486 e. The molecule has 0 fully saturated rings. The minimum absolute atomic E-state index is 0.0786. The topological polar surface area (TPSA) is 47.6 Å². The zero-order valence-electron chi connectivity index (χ0n) is 12.6. The Morgan fingerprint density at radius 2 is 1.96 bits per heavy atom. The smallest absolute Gasteiger partial charge is 0.255 e. The maximum absolute atomic E-state index is 13.7. The monoisotopic (exact) mass is 369 g/mol. The van der Waals surface area contributed by atoms with Crippen molar-refractivity contribution in [2.75, 3.05) is 19.8 Å². The van der Waals surface area contributed by atoms with Crippen LogP contribution in [-0.2, 0) is 6.42 Å². The van der Waals surface area contributed by atoms with E-state index < -0.39 is 11.7 Å². The highest BCUT2D eigenvalue weighted by molar-refractivity contribution is 6.34. The molecule has 1 aliphatic heterocycles. The van der Waals surface area contributed by atoms with E-state index in [9.17, 15) is 9.18 Å². The van der Waals surface area contributed by atoms with Gasteiger partial charge < -0.3 is 14.8 Å². The van der Waals surface area contributed by atoms with Crippen molar-refractivity contribution in [2.45, 2.75) is 6.42 Å². The summed E-state index contributed by atoms with van der Waals surface area (Å²) in [6.07, 6.45) is 0.508. The number of ether oxygens (including phenoxy) is 2. The Balaban J connectivity index is 1.64. The maximum atomic E-state index is 13.7. The summed E-state index contributed by atoms with van der Waals surface area (Å²) >= 11 is 12.0. The van der Waals surface area contributed by atoms with Gasteiger partial charge in [-0.3, -0.25) is 4.79 Å². The first-order valence-electron chi connectivity index (χ1n) is 7.36. The minimum atomic E-state index is -0.651. The molecule has 1 aliphatic rings. The predicted octanol–water partition coefficient (Wildman–Crippen LogP) is 3.88. The summed E-state index contributed by atoms with van der Waals surface area (Å²) in [6.45, 7) is 1.24. The zero-order valence-corrected chi connectivity index (χ0v) is 14.1. The quantitative estimate of drug-likeness (QED) is 0.889. The highest BCUT2D eigenvalue weighted by atomic mass is 35.5. The van der Waals surface area contributed by atoms with Crippen molar-refractivity contribution in [3.63, 3.8) is 0 Å². The molecule has 0 unspecified atom stereocenters. The van der Waals surface area contributed by atoms with Crippen molar-refractivity contribution in [1.82, 2.24) is 5.32 Å². The number of carbonyl (C=O) groups excluding carboxylic acids is 1. The number of fused-ring (bicyclic) bond motifs is 1. The van der Waals surface area contributed by atoms with Crippen molar-refractivity contribution in [2.24, 2.45) is 0 Å². The van der Waals surface area contributed by atoms with Gasteiger partial charge in [-0.15, -0.1) is 0 Å². The van der Waals surface area contributed by atoms with Gasteiger partial charge in [0.2, 0.25) is 0 Å². The summed E-state index contributed by atoms with van der Waals surface area (Å²) in [4.78, 5) is 12.1. The van der Waals surface area contributed by atoms with Gasteiger partial charge in [0.25, 0.3) is 5.91 Å². The van der Waals surface area contributed by atoms with Gasteiger partial charge in [-0.05, 0) is 36.2 Å². The first-order valence-corrected chi connectivity index (χ1v) is 8.12. The Bertz CT molecular complexity index is 762. The third-order valence-electron chi connectivity index (χ3n) is 3.55. The van der Waals surface area contributed by atoms with Crippen LogP contribution >= 0.6 is 23.2 Å². The SMILES string of the molecule is O=C(NCCc1cc(Cl)c2c(c1)OCCO2)c1c(F)cccc1Cl. The lowest BCUT2D eigenvalue weighted by Gasteiger charge is -2.20. The van der Waals surface area contributed by atoms with Crippen LogP contribution in [0.2, 0.25) is 10.0 Å². The number of amides is 1. The molecule has 0 atom stereocenters. The second-order valence-corrected chi connectivity index (χ2v) is 6.02. The number of nitrogens with one attached hydrogen (secondary N) is 1. The Morgan fingerprint density at radius 3 is 2.75 bits per heavy atom. The fourth-order valence-corrected chi connectivity index (χ4v) is 2.97. The van der Waals surface area contributed by atoms with Gasteiger partial charge in [0, 0.05) is 6.54 Å². The summed E-state index contributed by atoms with van der Waals surface area (Å²) in [5.41, 5.74) is 0.726. The van der Waals surface area contributed by atoms with Gasteiger partial charge in [0.05, 0.1) is 15.6 Å². The van der Waals surface area contributed by atoms with Crippen molar-refractivity contribution in [3.05, 3.63) is 57.3 Å². The summed E-state index contributed by atoms with van der Waals surface area (Å²) in [6, 6.07) is 7.70. The summed E-state index contributed by atoms with van der Waals surface area (Å²) in [5.74, 6) is -0.0785. The highest BCUT2D eigenvalue weighted by Crippen LogP contribution is 2.38. The van der Waals surface area contributed by atoms with Crippen molar-refractivity contribution in [3.8, 4) is 11.5 Å². The van der Waals surface area contributed by atoms with E-state index in [1.54, 1.807) is 6.07 Å². The molecular weight excluding hydrogens is 356 g/mol. The first-order chi connectivity index (χ1) is 11.6. The molecule has 1 heterocycles. The molecular formula is C17H14Cl2FNO3. The molecule has 0 radical (unpaired) electrons. The average molecular weight is 370 g/mol. The molecule has 1 N–H and O–H groups in total. The fraction of sp³-hybridized carbons (Fsp3) is 0.235. The second kappa shape index (κ2) is 7.28. The second-order valence-electron chi connectivity index (χ2n) is 5.20. The van der Waals surface area contributed by atoms with E-state index in [1.807, 2.05) is 6.07 Å². The summed E-state index contributed by atoms with van der Waals surface area (Å²) in [7, 11) is 0. The number of benzene rings is 2. The van der Waals surface area contributed by atoms with Crippen LogP contribution in [0, 0.1) is 5.82 Å². The van der Waals surface area contributed by atoms with Gasteiger partial charge in [0.15, 0.2) is 11.5 Å². The Hall–Kier alpha value is -1.98. The Kier molecular flexibility index (Phi) is 5.11. The molecule has 4 nitrogen and oxygen atoms in total. The number of hydrogen-bond acceptors (Lipinski definition) is 3. The van der Waals surface area contributed by atoms with E-state index in [0.29, 0.717) is 42.7 Å². The number of hydrogen-bond donors (Lipinski definition) is 1. The number of carbonyl (C=O) groups is 1. The maximum Gasteiger partial charge on any atom is 0.255 e. The lowest BCUT2D eigenvalue weighted by Crippen LogP contribution is -2.27. The first kappa shape index (κ1) is 16.9. The van der Waals surface area contributed by atoms with Crippen LogP contribution in [0.1, 0.15) is 15.9 Å². The number of rotatable bonds is 4. The summed E-state index contributed by atoms with van der Waals surface area (Å²) < 4.78 is 24.7. The van der Waals surface area contributed by atoms with E-state index in [1.165, 1.54) is 18.2 Å². The van der Waals surface area contributed by atoms with E-state index in [-0.39, 0.29) is 10.6 Å². The highest BCUT2D eigenvalue weighted by Gasteiger charge is 2.18. The third-order valence-corrected chi connectivity index (χ3v) is 4.14. The van der Waals surface area contributed by atoms with E-state index in [4.69, 9.17) is 32.7 Å².